The Hall–Kier alpha value is -2.78. The van der Waals surface area contributed by atoms with E-state index in [1.807, 2.05) is 23.1 Å². The molecule has 1 saturated heterocycles. The molecular weight excluding hydrogens is 336 g/mol. The quantitative estimate of drug-likeness (QED) is 0.726. The van der Waals surface area contributed by atoms with Gasteiger partial charge in [-0.3, -0.25) is 9.58 Å². The number of carbonyl (C=O) groups is 1. The molecule has 9 nitrogen and oxygen atoms in total. The van der Waals surface area contributed by atoms with Crippen molar-refractivity contribution in [2.45, 2.75) is 25.6 Å². The van der Waals surface area contributed by atoms with Crippen LogP contribution < -0.4 is 0 Å². The minimum atomic E-state index is -1.02. The molecule has 136 valence electrons. The number of hydrogen-bond acceptors (Lipinski definition) is 6. The monoisotopic (exact) mass is 356 g/mol. The van der Waals surface area contributed by atoms with Gasteiger partial charge < -0.3 is 9.84 Å². The van der Waals surface area contributed by atoms with E-state index in [-0.39, 0.29) is 11.7 Å². The number of fused-ring (bicyclic) bond motifs is 1. The summed E-state index contributed by atoms with van der Waals surface area (Å²) in [6.45, 7) is 3.91. The fraction of sp³-hybridized carbons (Fsp3) is 0.412. The van der Waals surface area contributed by atoms with E-state index in [1.165, 1.54) is 10.7 Å². The van der Waals surface area contributed by atoms with Crippen LogP contribution in [0.3, 0.4) is 0 Å². The molecule has 0 aliphatic carbocycles. The van der Waals surface area contributed by atoms with Crippen LogP contribution in [0.1, 0.15) is 22.3 Å². The number of ether oxygens (including phenoxy) is 1. The molecule has 3 aromatic heterocycles. The topological polar surface area (TPSA) is 97.8 Å². The van der Waals surface area contributed by atoms with Gasteiger partial charge in [-0.05, 0) is 12.5 Å². The van der Waals surface area contributed by atoms with Gasteiger partial charge in [0.05, 0.1) is 18.8 Å². The second-order valence-corrected chi connectivity index (χ2v) is 6.40. The Morgan fingerprint density at radius 1 is 1.35 bits per heavy atom. The number of carboxylic acids is 1. The van der Waals surface area contributed by atoms with E-state index in [0.717, 1.165) is 38.2 Å². The van der Waals surface area contributed by atoms with Crippen LogP contribution in [0.25, 0.3) is 5.65 Å². The Morgan fingerprint density at radius 3 is 3.08 bits per heavy atom. The lowest BCUT2D eigenvalue weighted by atomic mass is 10.2. The van der Waals surface area contributed by atoms with E-state index in [0.29, 0.717) is 12.2 Å². The van der Waals surface area contributed by atoms with Crippen LogP contribution in [0.15, 0.2) is 37.1 Å². The van der Waals surface area contributed by atoms with Gasteiger partial charge in [-0.15, -0.1) is 0 Å². The first kappa shape index (κ1) is 16.7. The summed E-state index contributed by atoms with van der Waals surface area (Å²) < 4.78 is 9.35. The van der Waals surface area contributed by atoms with E-state index in [4.69, 9.17) is 9.84 Å². The third kappa shape index (κ3) is 3.58. The highest BCUT2D eigenvalue weighted by atomic mass is 16.5. The van der Waals surface area contributed by atoms with E-state index in [1.54, 1.807) is 12.4 Å². The lowest BCUT2D eigenvalue weighted by Gasteiger charge is -2.23. The Morgan fingerprint density at radius 2 is 2.27 bits per heavy atom. The molecule has 3 aromatic rings. The first-order valence-electron chi connectivity index (χ1n) is 8.56. The molecule has 1 aliphatic rings. The molecule has 0 spiro atoms. The zero-order valence-corrected chi connectivity index (χ0v) is 14.2. The highest BCUT2D eigenvalue weighted by Gasteiger charge is 2.20. The molecule has 0 aromatic carbocycles. The minimum absolute atomic E-state index is 0.0809. The highest BCUT2D eigenvalue weighted by Crippen LogP contribution is 2.14. The van der Waals surface area contributed by atoms with E-state index < -0.39 is 5.97 Å². The van der Waals surface area contributed by atoms with Crippen LogP contribution in [0.4, 0.5) is 0 Å². The van der Waals surface area contributed by atoms with Crippen LogP contribution in [0.5, 0.6) is 0 Å². The molecule has 0 amide bonds. The second-order valence-electron chi connectivity index (χ2n) is 6.40. The Bertz CT molecular complexity index is 891. The van der Waals surface area contributed by atoms with Crippen molar-refractivity contribution in [3.63, 3.8) is 0 Å². The number of rotatable bonds is 5. The average Bonchev–Trinajstić information content (AvgIpc) is 3.22. The maximum Gasteiger partial charge on any atom is 0.341 e. The normalized spacial score (nSPS) is 18.8. The SMILES string of the molecule is O=C(O)c1cnn2cc(CN3CCCOC(Cn4cccn4)C3)cnc12. The summed E-state index contributed by atoms with van der Waals surface area (Å²) in [5, 5.41) is 17.5. The molecule has 0 saturated carbocycles. The molecule has 26 heavy (non-hydrogen) atoms. The molecule has 1 fully saturated rings. The van der Waals surface area contributed by atoms with Crippen LogP contribution in [-0.4, -0.2) is 66.2 Å². The molecule has 1 atom stereocenters. The summed E-state index contributed by atoms with van der Waals surface area (Å²) >= 11 is 0. The van der Waals surface area contributed by atoms with Crippen molar-refractivity contribution in [3.8, 4) is 0 Å². The van der Waals surface area contributed by atoms with Gasteiger partial charge in [0.25, 0.3) is 0 Å². The van der Waals surface area contributed by atoms with Crippen LogP contribution >= 0.6 is 0 Å². The lowest BCUT2D eigenvalue weighted by Crippen LogP contribution is -2.34. The molecule has 0 bridgehead atoms. The summed E-state index contributed by atoms with van der Waals surface area (Å²) in [6.07, 6.45) is 9.64. The van der Waals surface area contributed by atoms with Crippen molar-refractivity contribution in [2.75, 3.05) is 19.7 Å². The van der Waals surface area contributed by atoms with Gasteiger partial charge in [-0.25, -0.2) is 14.3 Å². The molecule has 4 heterocycles. The Kier molecular flexibility index (Phi) is 4.63. The van der Waals surface area contributed by atoms with Crippen molar-refractivity contribution < 1.29 is 14.6 Å². The number of aromatic nitrogens is 5. The van der Waals surface area contributed by atoms with E-state index >= 15 is 0 Å². The van der Waals surface area contributed by atoms with Gasteiger partial charge >= 0.3 is 5.97 Å². The van der Waals surface area contributed by atoms with E-state index in [9.17, 15) is 4.79 Å². The fourth-order valence-corrected chi connectivity index (χ4v) is 3.25. The van der Waals surface area contributed by atoms with Gasteiger partial charge in [0.2, 0.25) is 0 Å². The van der Waals surface area contributed by atoms with E-state index in [2.05, 4.69) is 20.1 Å². The molecular formula is C17H20N6O3. The summed E-state index contributed by atoms with van der Waals surface area (Å²) in [7, 11) is 0. The van der Waals surface area contributed by atoms with Gasteiger partial charge in [-0.2, -0.15) is 10.2 Å². The maximum absolute atomic E-state index is 11.2. The predicted molar refractivity (Wildman–Crippen MR) is 91.8 cm³/mol. The standard InChI is InChI=1S/C17H20N6O3/c24-17(25)15-8-20-23-10-13(7-18-16(15)23)9-21-4-2-6-26-14(11-21)12-22-5-1-3-19-22/h1,3,5,7-8,10,14H,2,4,6,9,11-12H2,(H,24,25). The van der Waals surface area contributed by atoms with Crippen molar-refractivity contribution >= 4 is 11.6 Å². The molecule has 1 aliphatic heterocycles. The summed E-state index contributed by atoms with van der Waals surface area (Å²) in [6, 6.07) is 1.91. The number of aromatic carboxylic acids is 1. The lowest BCUT2D eigenvalue weighted by molar-refractivity contribution is 0.0391. The largest absolute Gasteiger partial charge is 0.477 e. The molecule has 1 unspecified atom stereocenters. The van der Waals surface area contributed by atoms with Gasteiger partial charge in [0.15, 0.2) is 5.65 Å². The summed E-state index contributed by atoms with van der Waals surface area (Å²) in [4.78, 5) is 17.8. The predicted octanol–water partition coefficient (Wildman–Crippen LogP) is 0.915. The Labute approximate surface area is 149 Å². The zero-order chi connectivity index (χ0) is 17.9. The zero-order valence-electron chi connectivity index (χ0n) is 14.2. The molecule has 9 heteroatoms. The molecule has 0 radical (unpaired) electrons. The maximum atomic E-state index is 11.2. The number of hydrogen-bond donors (Lipinski definition) is 1. The fourth-order valence-electron chi connectivity index (χ4n) is 3.25. The van der Waals surface area contributed by atoms with Gasteiger partial charge in [0.1, 0.15) is 5.56 Å². The molecule has 4 rings (SSSR count). The average molecular weight is 356 g/mol. The minimum Gasteiger partial charge on any atom is -0.477 e. The van der Waals surface area contributed by atoms with Crippen LogP contribution in [-0.2, 0) is 17.8 Å². The summed E-state index contributed by atoms with van der Waals surface area (Å²) in [5.74, 6) is -1.02. The van der Waals surface area contributed by atoms with Crippen LogP contribution in [0, 0.1) is 0 Å². The third-order valence-electron chi connectivity index (χ3n) is 4.43. The van der Waals surface area contributed by atoms with Gasteiger partial charge in [-0.1, -0.05) is 0 Å². The van der Waals surface area contributed by atoms with Crippen molar-refractivity contribution in [3.05, 3.63) is 48.2 Å². The first-order chi connectivity index (χ1) is 12.7. The number of nitrogens with zero attached hydrogens (tertiary/aromatic N) is 6. The Balaban J connectivity index is 1.46. The third-order valence-corrected chi connectivity index (χ3v) is 4.43. The molecule has 1 N–H and O–H groups in total. The highest BCUT2D eigenvalue weighted by molar-refractivity contribution is 5.93. The van der Waals surface area contributed by atoms with Gasteiger partial charge in [0, 0.05) is 56.6 Å². The first-order valence-corrected chi connectivity index (χ1v) is 8.56. The smallest absolute Gasteiger partial charge is 0.341 e. The summed E-state index contributed by atoms with van der Waals surface area (Å²) in [5.41, 5.74) is 1.45. The van der Waals surface area contributed by atoms with Crippen LogP contribution in [0.2, 0.25) is 0 Å². The second kappa shape index (κ2) is 7.22. The van der Waals surface area contributed by atoms with Crippen molar-refractivity contribution in [1.29, 1.82) is 0 Å². The number of carboxylic acid groups (broad SMARTS) is 1. The van der Waals surface area contributed by atoms with Crippen molar-refractivity contribution in [2.24, 2.45) is 0 Å². The van der Waals surface area contributed by atoms with Crippen molar-refractivity contribution in [1.82, 2.24) is 29.3 Å².